The summed E-state index contributed by atoms with van der Waals surface area (Å²) in [5.41, 5.74) is 0.338. The monoisotopic (exact) mass is 344 g/mol. The number of rotatable bonds is 4. The van der Waals surface area contributed by atoms with E-state index in [1.807, 2.05) is 19.0 Å². The Morgan fingerprint density at radius 3 is 2.57 bits per heavy atom. The lowest BCUT2D eigenvalue weighted by atomic mass is 9.99. The summed E-state index contributed by atoms with van der Waals surface area (Å²) in [6.07, 6.45) is 0.736. The first kappa shape index (κ1) is 17.8. The third-order valence-electron chi connectivity index (χ3n) is 4.29. The Morgan fingerprint density at radius 1 is 1.39 bits per heavy atom. The summed E-state index contributed by atoms with van der Waals surface area (Å²) in [7, 11) is -0.378. The summed E-state index contributed by atoms with van der Waals surface area (Å²) in [4.78, 5) is 13.2. The van der Waals surface area contributed by atoms with Crippen LogP contribution >= 0.6 is 0 Å². The molecule has 2 rings (SSSR count). The molecule has 1 aliphatic heterocycles. The molecule has 0 unspecified atom stereocenters. The van der Waals surface area contributed by atoms with Gasteiger partial charge in [0.05, 0.1) is 4.90 Å². The van der Waals surface area contributed by atoms with Crippen molar-refractivity contribution in [2.45, 2.75) is 36.7 Å². The van der Waals surface area contributed by atoms with Gasteiger partial charge in [-0.15, -0.1) is 0 Å². The summed E-state index contributed by atoms with van der Waals surface area (Å²) in [5.74, 6) is -1.81. The van der Waals surface area contributed by atoms with Crippen molar-refractivity contribution in [2.75, 3.05) is 20.6 Å². The van der Waals surface area contributed by atoms with Gasteiger partial charge in [-0.3, -0.25) is 4.79 Å². The lowest BCUT2D eigenvalue weighted by molar-refractivity contribution is -0.143. The van der Waals surface area contributed by atoms with Gasteiger partial charge in [0.25, 0.3) is 0 Å². The van der Waals surface area contributed by atoms with E-state index in [0.29, 0.717) is 12.0 Å². The van der Waals surface area contributed by atoms with Gasteiger partial charge in [0.1, 0.15) is 11.9 Å². The molecule has 1 saturated heterocycles. The van der Waals surface area contributed by atoms with Crippen LogP contribution in [0.25, 0.3) is 0 Å². The van der Waals surface area contributed by atoms with Crippen LogP contribution in [0, 0.1) is 12.7 Å². The van der Waals surface area contributed by atoms with Crippen LogP contribution in [-0.2, 0) is 14.8 Å². The zero-order valence-corrected chi connectivity index (χ0v) is 14.2. The van der Waals surface area contributed by atoms with Gasteiger partial charge in [-0.2, -0.15) is 4.31 Å². The number of halogens is 1. The van der Waals surface area contributed by atoms with Crippen LogP contribution in [0.15, 0.2) is 23.1 Å². The van der Waals surface area contributed by atoms with Crippen LogP contribution in [0.1, 0.15) is 18.4 Å². The first-order chi connectivity index (χ1) is 10.6. The van der Waals surface area contributed by atoms with E-state index in [1.54, 1.807) is 0 Å². The van der Waals surface area contributed by atoms with E-state index in [2.05, 4.69) is 0 Å². The summed E-state index contributed by atoms with van der Waals surface area (Å²) >= 11 is 0. The summed E-state index contributed by atoms with van der Waals surface area (Å²) < 4.78 is 40.1. The van der Waals surface area contributed by atoms with E-state index in [0.717, 1.165) is 10.4 Å². The lowest BCUT2D eigenvalue weighted by Crippen LogP contribution is -2.53. The molecule has 2 atom stereocenters. The topological polar surface area (TPSA) is 77.9 Å². The molecule has 0 saturated carbocycles. The van der Waals surface area contributed by atoms with Crippen molar-refractivity contribution in [2.24, 2.45) is 0 Å². The Bertz CT molecular complexity index is 705. The molecule has 0 radical (unpaired) electrons. The standard InChI is InChI=1S/C15H21FN2O4S/c1-10-4-5-12(9-13(10)16)23(21,22)18-7-6-11(17(2)3)8-14(18)15(19)20/h4-5,9,11,14H,6-8H2,1-3H3,(H,19,20)/t11-,14-/m0/s1. The number of piperidine rings is 1. The Morgan fingerprint density at radius 2 is 2.04 bits per heavy atom. The fraction of sp³-hybridized carbons (Fsp3) is 0.533. The van der Waals surface area contributed by atoms with Crippen LogP contribution in [0.2, 0.25) is 0 Å². The third-order valence-corrected chi connectivity index (χ3v) is 6.20. The predicted octanol–water partition coefficient (Wildman–Crippen LogP) is 1.30. The highest BCUT2D eigenvalue weighted by Crippen LogP contribution is 2.28. The molecule has 1 aromatic rings. The van der Waals surface area contributed by atoms with E-state index < -0.39 is 27.9 Å². The van der Waals surface area contributed by atoms with Crippen LogP contribution in [0.3, 0.4) is 0 Å². The summed E-state index contributed by atoms with van der Waals surface area (Å²) in [6.45, 7) is 1.63. The molecule has 1 aromatic carbocycles. The van der Waals surface area contributed by atoms with Crippen LogP contribution in [0.5, 0.6) is 0 Å². The number of sulfonamides is 1. The number of carboxylic acids is 1. The van der Waals surface area contributed by atoms with Gasteiger partial charge >= 0.3 is 5.97 Å². The highest BCUT2D eigenvalue weighted by atomic mass is 32.2. The highest BCUT2D eigenvalue weighted by molar-refractivity contribution is 7.89. The van der Waals surface area contributed by atoms with Crippen molar-refractivity contribution in [1.29, 1.82) is 0 Å². The second-order valence-electron chi connectivity index (χ2n) is 6.02. The van der Waals surface area contributed by atoms with E-state index in [4.69, 9.17) is 0 Å². The third kappa shape index (κ3) is 3.54. The molecule has 0 spiro atoms. The Balaban J connectivity index is 2.37. The number of carbonyl (C=O) groups is 1. The molecule has 0 aliphatic carbocycles. The molecule has 1 N–H and O–H groups in total. The number of benzene rings is 1. The average molecular weight is 344 g/mol. The van der Waals surface area contributed by atoms with Gasteiger partial charge in [0, 0.05) is 12.6 Å². The molecule has 1 aliphatic rings. The minimum absolute atomic E-state index is 0.00250. The molecule has 0 aromatic heterocycles. The van der Waals surface area contributed by atoms with Crippen LogP contribution in [-0.4, -0.2) is 61.4 Å². The SMILES string of the molecule is Cc1ccc(S(=O)(=O)N2CC[C@H](N(C)C)C[C@H]2C(=O)O)cc1F. The zero-order chi connectivity index (χ0) is 17.4. The first-order valence-electron chi connectivity index (χ1n) is 7.32. The second kappa shape index (κ2) is 6.54. The largest absolute Gasteiger partial charge is 0.480 e. The van der Waals surface area contributed by atoms with E-state index >= 15 is 0 Å². The summed E-state index contributed by atoms with van der Waals surface area (Å²) in [5, 5.41) is 9.42. The van der Waals surface area contributed by atoms with Crippen LogP contribution in [0.4, 0.5) is 4.39 Å². The van der Waals surface area contributed by atoms with Gasteiger partial charge in [0.15, 0.2) is 0 Å². The van der Waals surface area contributed by atoms with Crippen molar-refractivity contribution in [1.82, 2.24) is 9.21 Å². The van der Waals surface area contributed by atoms with E-state index in [9.17, 15) is 22.7 Å². The average Bonchev–Trinajstić information content (AvgIpc) is 2.49. The van der Waals surface area contributed by atoms with Crippen molar-refractivity contribution in [3.05, 3.63) is 29.6 Å². The molecule has 8 heteroatoms. The van der Waals surface area contributed by atoms with Crippen molar-refractivity contribution < 1.29 is 22.7 Å². The Labute approximate surface area is 135 Å². The predicted molar refractivity (Wildman–Crippen MR) is 83.2 cm³/mol. The smallest absolute Gasteiger partial charge is 0.322 e. The molecule has 0 bridgehead atoms. The van der Waals surface area contributed by atoms with Gasteiger partial charge in [-0.25, -0.2) is 12.8 Å². The molecule has 1 heterocycles. The Kier molecular flexibility index (Phi) is 5.07. The Hall–Kier alpha value is -1.51. The second-order valence-corrected chi connectivity index (χ2v) is 7.91. The number of aryl methyl sites for hydroxylation is 1. The number of nitrogens with zero attached hydrogens (tertiary/aromatic N) is 2. The van der Waals surface area contributed by atoms with Gasteiger partial charge in [-0.1, -0.05) is 6.07 Å². The lowest BCUT2D eigenvalue weighted by Gasteiger charge is -2.38. The minimum atomic E-state index is -4.05. The van der Waals surface area contributed by atoms with Crippen molar-refractivity contribution in [3.63, 3.8) is 0 Å². The maximum Gasteiger partial charge on any atom is 0.322 e. The van der Waals surface area contributed by atoms with E-state index in [-0.39, 0.29) is 23.9 Å². The van der Waals surface area contributed by atoms with Gasteiger partial charge in [0.2, 0.25) is 10.0 Å². The normalized spacial score (nSPS) is 23.2. The van der Waals surface area contributed by atoms with Crippen molar-refractivity contribution in [3.8, 4) is 0 Å². The fourth-order valence-electron chi connectivity index (χ4n) is 2.78. The number of aliphatic carboxylic acids is 1. The molecular weight excluding hydrogens is 323 g/mol. The summed E-state index contributed by atoms with van der Waals surface area (Å²) in [6, 6.07) is 2.49. The number of hydrogen-bond acceptors (Lipinski definition) is 4. The molecule has 6 nitrogen and oxygen atoms in total. The maximum atomic E-state index is 13.7. The maximum absolute atomic E-state index is 13.7. The highest BCUT2D eigenvalue weighted by Gasteiger charge is 2.41. The van der Waals surface area contributed by atoms with Crippen LogP contribution < -0.4 is 0 Å². The number of carboxylic acid groups (broad SMARTS) is 1. The molecule has 1 fully saturated rings. The van der Waals surface area contributed by atoms with Gasteiger partial charge < -0.3 is 10.0 Å². The number of hydrogen-bond donors (Lipinski definition) is 1. The molecule has 0 amide bonds. The quantitative estimate of drug-likeness (QED) is 0.891. The molecule has 128 valence electrons. The van der Waals surface area contributed by atoms with Gasteiger partial charge in [-0.05, 0) is 51.6 Å². The fourth-order valence-corrected chi connectivity index (χ4v) is 4.40. The van der Waals surface area contributed by atoms with Crippen molar-refractivity contribution >= 4 is 16.0 Å². The zero-order valence-electron chi connectivity index (χ0n) is 13.4. The molecular formula is C15H21FN2O4S. The molecule has 23 heavy (non-hydrogen) atoms. The van der Waals surface area contributed by atoms with E-state index in [1.165, 1.54) is 19.1 Å². The minimum Gasteiger partial charge on any atom is -0.480 e. The first-order valence-corrected chi connectivity index (χ1v) is 8.76.